The largest absolute Gasteiger partial charge is 0.497 e. The molecule has 21 heavy (non-hydrogen) atoms. The van der Waals surface area contributed by atoms with Crippen LogP contribution in [0.4, 0.5) is 0 Å². The summed E-state index contributed by atoms with van der Waals surface area (Å²) >= 11 is 1.60. The summed E-state index contributed by atoms with van der Waals surface area (Å²) in [5.41, 5.74) is 1.17. The molecule has 0 atom stereocenters. The molecule has 112 valence electrons. The maximum atomic E-state index is 12.2. The van der Waals surface area contributed by atoms with Gasteiger partial charge in [0.1, 0.15) is 5.75 Å². The lowest BCUT2D eigenvalue weighted by Gasteiger charge is -2.15. The molecule has 0 unspecified atom stereocenters. The van der Waals surface area contributed by atoms with Gasteiger partial charge in [-0.3, -0.25) is 9.69 Å². The lowest BCUT2D eigenvalue weighted by atomic mass is 10.2. The Morgan fingerprint density at radius 2 is 1.90 bits per heavy atom. The van der Waals surface area contributed by atoms with E-state index >= 15 is 0 Å². The van der Waals surface area contributed by atoms with Gasteiger partial charge in [0, 0.05) is 11.4 Å². The van der Waals surface area contributed by atoms with Crippen LogP contribution in [0.2, 0.25) is 0 Å². The highest BCUT2D eigenvalue weighted by atomic mass is 32.1. The number of rotatable bonds is 7. The third-order valence-corrected chi connectivity index (χ3v) is 4.58. The number of ketones is 1. The number of methoxy groups -OCH3 is 1. The lowest BCUT2D eigenvalue weighted by Crippen LogP contribution is -2.25. The van der Waals surface area contributed by atoms with E-state index in [0.29, 0.717) is 6.54 Å². The Labute approximate surface area is 130 Å². The second-order valence-electron chi connectivity index (χ2n) is 5.06. The van der Waals surface area contributed by atoms with Gasteiger partial charge in [-0.25, -0.2) is 0 Å². The van der Waals surface area contributed by atoms with Crippen LogP contribution in [0, 0.1) is 0 Å². The highest BCUT2D eigenvalue weighted by molar-refractivity contribution is 7.14. The fourth-order valence-corrected chi connectivity index (χ4v) is 3.02. The van der Waals surface area contributed by atoms with Gasteiger partial charge in [0.25, 0.3) is 0 Å². The van der Waals surface area contributed by atoms with E-state index in [2.05, 4.69) is 6.92 Å². The Morgan fingerprint density at radius 1 is 1.19 bits per heavy atom. The first-order valence-electron chi connectivity index (χ1n) is 7.05. The normalized spacial score (nSPS) is 10.9. The van der Waals surface area contributed by atoms with Gasteiger partial charge in [-0.1, -0.05) is 19.1 Å². The smallest absolute Gasteiger partial charge is 0.186 e. The number of hydrogen-bond donors (Lipinski definition) is 0. The van der Waals surface area contributed by atoms with Crippen LogP contribution in [0.15, 0.2) is 36.4 Å². The van der Waals surface area contributed by atoms with Crippen LogP contribution in [0.5, 0.6) is 5.75 Å². The van der Waals surface area contributed by atoms with Crippen molar-refractivity contribution in [1.82, 2.24) is 4.90 Å². The summed E-state index contributed by atoms with van der Waals surface area (Å²) in [7, 11) is 3.63. The quantitative estimate of drug-likeness (QED) is 0.732. The number of carbonyl (C=O) groups is 1. The maximum absolute atomic E-state index is 12.2. The van der Waals surface area contributed by atoms with Crippen LogP contribution < -0.4 is 4.74 Å². The van der Waals surface area contributed by atoms with Crippen molar-refractivity contribution >= 4 is 17.1 Å². The number of nitrogens with zero attached hydrogens (tertiary/aromatic N) is 1. The van der Waals surface area contributed by atoms with Crippen molar-refractivity contribution in [3.8, 4) is 5.75 Å². The SMILES string of the molecule is CCc1ccc(C(=O)CN(C)Cc2ccc(OC)cc2)s1. The minimum atomic E-state index is 0.190. The number of Topliss-reactive ketones (excluding diaryl/α,β-unsaturated/α-hetero) is 1. The Bertz CT molecular complexity index is 589. The van der Waals surface area contributed by atoms with Crippen molar-refractivity contribution in [3.63, 3.8) is 0 Å². The number of aryl methyl sites for hydroxylation is 1. The zero-order valence-electron chi connectivity index (χ0n) is 12.8. The fraction of sp³-hybridized carbons (Fsp3) is 0.353. The van der Waals surface area contributed by atoms with Gasteiger partial charge >= 0.3 is 0 Å². The van der Waals surface area contributed by atoms with Crippen LogP contribution in [-0.2, 0) is 13.0 Å². The zero-order chi connectivity index (χ0) is 15.2. The van der Waals surface area contributed by atoms with Gasteiger partial charge < -0.3 is 4.74 Å². The molecular formula is C17H21NO2S. The topological polar surface area (TPSA) is 29.5 Å². The fourth-order valence-electron chi connectivity index (χ4n) is 2.14. The minimum Gasteiger partial charge on any atom is -0.497 e. The summed E-state index contributed by atoms with van der Waals surface area (Å²) < 4.78 is 5.14. The van der Waals surface area contributed by atoms with Crippen LogP contribution in [0.25, 0.3) is 0 Å². The lowest BCUT2D eigenvalue weighted by molar-refractivity contribution is 0.0947. The van der Waals surface area contributed by atoms with Crippen molar-refractivity contribution in [1.29, 1.82) is 0 Å². The van der Waals surface area contributed by atoms with Crippen LogP contribution in [0.1, 0.15) is 27.0 Å². The molecule has 0 aliphatic rings. The minimum absolute atomic E-state index is 0.190. The predicted molar refractivity (Wildman–Crippen MR) is 87.4 cm³/mol. The second kappa shape index (κ2) is 7.38. The summed E-state index contributed by atoms with van der Waals surface area (Å²) in [6, 6.07) is 11.9. The first-order valence-corrected chi connectivity index (χ1v) is 7.87. The molecular weight excluding hydrogens is 282 g/mol. The summed E-state index contributed by atoms with van der Waals surface area (Å²) in [4.78, 5) is 16.4. The zero-order valence-corrected chi connectivity index (χ0v) is 13.6. The van der Waals surface area contributed by atoms with Crippen molar-refractivity contribution in [3.05, 3.63) is 51.7 Å². The van der Waals surface area contributed by atoms with E-state index in [1.165, 1.54) is 10.4 Å². The molecule has 3 nitrogen and oxygen atoms in total. The summed E-state index contributed by atoms with van der Waals surface area (Å²) in [6.07, 6.45) is 0.986. The van der Waals surface area contributed by atoms with Crippen molar-refractivity contribution in [2.24, 2.45) is 0 Å². The first kappa shape index (κ1) is 15.7. The third-order valence-electron chi connectivity index (χ3n) is 3.31. The van der Waals surface area contributed by atoms with E-state index < -0.39 is 0 Å². The number of carbonyl (C=O) groups excluding carboxylic acids is 1. The van der Waals surface area contributed by atoms with Crippen molar-refractivity contribution < 1.29 is 9.53 Å². The average Bonchev–Trinajstić information content (AvgIpc) is 2.97. The molecule has 2 aromatic rings. The van der Waals surface area contributed by atoms with E-state index in [1.807, 2.05) is 48.3 Å². The number of benzene rings is 1. The summed E-state index contributed by atoms with van der Waals surface area (Å²) in [5, 5.41) is 0. The summed E-state index contributed by atoms with van der Waals surface area (Å²) in [6.45, 7) is 3.30. The number of likely N-dealkylation sites (N-methyl/N-ethyl adjacent to an activating group) is 1. The first-order chi connectivity index (χ1) is 10.1. The maximum Gasteiger partial charge on any atom is 0.186 e. The van der Waals surface area contributed by atoms with E-state index in [9.17, 15) is 4.79 Å². The molecule has 0 bridgehead atoms. The van der Waals surface area contributed by atoms with E-state index in [1.54, 1.807) is 18.4 Å². The van der Waals surface area contributed by atoms with Crippen molar-refractivity contribution in [2.45, 2.75) is 19.9 Å². The molecule has 0 radical (unpaired) electrons. The molecule has 2 rings (SSSR count). The van der Waals surface area contributed by atoms with Gasteiger partial charge in [0.15, 0.2) is 5.78 Å². The van der Waals surface area contributed by atoms with Gasteiger partial charge in [-0.05, 0) is 43.3 Å². The average molecular weight is 303 g/mol. The molecule has 1 aromatic carbocycles. The molecule has 0 saturated carbocycles. The monoisotopic (exact) mass is 303 g/mol. The molecule has 0 saturated heterocycles. The summed E-state index contributed by atoms with van der Waals surface area (Å²) in [5.74, 6) is 1.04. The molecule has 1 heterocycles. The second-order valence-corrected chi connectivity index (χ2v) is 6.23. The highest BCUT2D eigenvalue weighted by Gasteiger charge is 2.12. The molecule has 0 N–H and O–H groups in total. The molecule has 1 aromatic heterocycles. The molecule has 0 aliphatic heterocycles. The van der Waals surface area contributed by atoms with Crippen LogP contribution in [0.3, 0.4) is 0 Å². The molecule has 0 amide bonds. The number of ether oxygens (including phenoxy) is 1. The molecule has 0 aliphatic carbocycles. The van der Waals surface area contributed by atoms with E-state index in [4.69, 9.17) is 4.74 Å². The Morgan fingerprint density at radius 3 is 2.48 bits per heavy atom. The third kappa shape index (κ3) is 4.41. The Balaban J connectivity index is 1.91. The highest BCUT2D eigenvalue weighted by Crippen LogP contribution is 2.18. The number of hydrogen-bond acceptors (Lipinski definition) is 4. The van der Waals surface area contributed by atoms with Crippen molar-refractivity contribution in [2.75, 3.05) is 20.7 Å². The van der Waals surface area contributed by atoms with Gasteiger partial charge in [0.05, 0.1) is 18.5 Å². The van der Waals surface area contributed by atoms with Gasteiger partial charge in [0.2, 0.25) is 0 Å². The van der Waals surface area contributed by atoms with Gasteiger partial charge in [-0.2, -0.15) is 0 Å². The predicted octanol–water partition coefficient (Wildman–Crippen LogP) is 3.63. The van der Waals surface area contributed by atoms with Gasteiger partial charge in [-0.15, -0.1) is 11.3 Å². The van der Waals surface area contributed by atoms with E-state index in [0.717, 1.165) is 23.6 Å². The van der Waals surface area contributed by atoms with E-state index in [-0.39, 0.29) is 5.78 Å². The standard InChI is InChI=1S/C17H21NO2S/c1-4-15-9-10-17(21-15)16(19)12-18(2)11-13-5-7-14(20-3)8-6-13/h5-10H,4,11-12H2,1-3H3. The van der Waals surface area contributed by atoms with Crippen LogP contribution in [-0.4, -0.2) is 31.4 Å². The molecule has 0 fully saturated rings. The number of thiophene rings is 1. The molecule has 4 heteroatoms. The molecule has 0 spiro atoms. The Kier molecular flexibility index (Phi) is 5.53. The van der Waals surface area contributed by atoms with Crippen LogP contribution >= 0.6 is 11.3 Å². The Hall–Kier alpha value is -1.65.